The number of hydrogen-bond acceptors (Lipinski definition) is 4. The summed E-state index contributed by atoms with van der Waals surface area (Å²) in [5, 5.41) is 2.49. The molecule has 0 unspecified atom stereocenters. The molecule has 0 bridgehead atoms. The summed E-state index contributed by atoms with van der Waals surface area (Å²) in [5.74, 6) is -1.62. The van der Waals surface area contributed by atoms with Crippen LogP contribution in [0.15, 0.2) is 71.6 Å². The first-order valence-electron chi connectivity index (χ1n) is 8.32. The summed E-state index contributed by atoms with van der Waals surface area (Å²) < 4.78 is 59.6. The molecule has 9 heteroatoms. The van der Waals surface area contributed by atoms with Crippen LogP contribution in [-0.2, 0) is 10.0 Å². The van der Waals surface area contributed by atoms with Crippen molar-refractivity contribution in [2.24, 2.45) is 0 Å². The summed E-state index contributed by atoms with van der Waals surface area (Å²) in [7, 11) is -2.82. The highest BCUT2D eigenvalue weighted by Gasteiger charge is 2.21. The van der Waals surface area contributed by atoms with E-state index in [9.17, 15) is 22.0 Å². The van der Waals surface area contributed by atoms with Gasteiger partial charge in [-0.2, -0.15) is 0 Å². The van der Waals surface area contributed by atoms with Crippen molar-refractivity contribution in [3.05, 3.63) is 83.9 Å². The maximum absolute atomic E-state index is 14.2. The van der Waals surface area contributed by atoms with E-state index in [0.29, 0.717) is 11.4 Å². The Bertz CT molecular complexity index is 1130. The summed E-state index contributed by atoms with van der Waals surface area (Å²) >= 11 is 0. The van der Waals surface area contributed by atoms with E-state index in [4.69, 9.17) is 4.74 Å². The summed E-state index contributed by atoms with van der Waals surface area (Å²) in [6, 6.07) is 14.0. The second-order valence-electron chi connectivity index (χ2n) is 5.94. The van der Waals surface area contributed by atoms with Crippen LogP contribution >= 0.6 is 0 Å². The van der Waals surface area contributed by atoms with Crippen LogP contribution < -0.4 is 14.8 Å². The first-order chi connectivity index (χ1) is 13.8. The first-order valence-corrected chi connectivity index (χ1v) is 9.80. The lowest BCUT2D eigenvalue weighted by molar-refractivity contribution is 0.102. The first kappa shape index (κ1) is 20.3. The number of anilines is 2. The number of nitrogens with one attached hydrogen (secondary N) is 2. The van der Waals surface area contributed by atoms with Crippen LogP contribution in [0.25, 0.3) is 0 Å². The molecule has 0 aromatic heterocycles. The van der Waals surface area contributed by atoms with Crippen molar-refractivity contribution >= 4 is 27.3 Å². The fourth-order valence-corrected chi connectivity index (χ4v) is 3.62. The molecule has 1 amide bonds. The van der Waals surface area contributed by atoms with Gasteiger partial charge in [-0.25, -0.2) is 17.2 Å². The fourth-order valence-electron chi connectivity index (χ4n) is 2.46. The van der Waals surface area contributed by atoms with Crippen LogP contribution in [0.5, 0.6) is 5.75 Å². The van der Waals surface area contributed by atoms with Gasteiger partial charge in [-0.05, 0) is 66.7 Å². The van der Waals surface area contributed by atoms with Gasteiger partial charge >= 0.3 is 0 Å². The molecule has 0 atom stereocenters. The van der Waals surface area contributed by atoms with Crippen molar-refractivity contribution in [3.8, 4) is 5.75 Å². The average Bonchev–Trinajstić information content (AvgIpc) is 2.70. The van der Waals surface area contributed by atoms with Gasteiger partial charge < -0.3 is 10.1 Å². The smallest absolute Gasteiger partial charge is 0.264 e. The third-order valence-corrected chi connectivity index (χ3v) is 5.32. The van der Waals surface area contributed by atoms with E-state index < -0.39 is 32.5 Å². The van der Waals surface area contributed by atoms with E-state index in [1.807, 2.05) is 0 Å². The normalized spacial score (nSPS) is 11.0. The minimum absolute atomic E-state index is 0.0779. The number of methoxy groups -OCH3 is 1. The van der Waals surface area contributed by atoms with Crippen molar-refractivity contribution in [1.82, 2.24) is 0 Å². The van der Waals surface area contributed by atoms with Gasteiger partial charge in [0.25, 0.3) is 15.9 Å². The van der Waals surface area contributed by atoms with E-state index in [2.05, 4.69) is 10.0 Å². The molecule has 3 aromatic rings. The van der Waals surface area contributed by atoms with Crippen molar-refractivity contribution in [3.63, 3.8) is 0 Å². The molecule has 150 valence electrons. The Morgan fingerprint density at radius 2 is 1.52 bits per heavy atom. The molecule has 6 nitrogen and oxygen atoms in total. The molecule has 29 heavy (non-hydrogen) atoms. The third-order valence-electron chi connectivity index (χ3n) is 3.93. The number of rotatable bonds is 6. The van der Waals surface area contributed by atoms with E-state index in [0.717, 1.165) is 30.3 Å². The number of halogens is 2. The standard InChI is InChI=1S/C20H16F2N2O4S/c1-28-17-9-7-16(8-10-17)24-29(26,27)19-12-13(2-11-18(19)22)20(25)23-15-5-3-14(21)4-6-15/h2-12,24H,1H3,(H,23,25). The maximum atomic E-state index is 14.2. The van der Waals surface area contributed by atoms with Crippen LogP contribution in [-0.4, -0.2) is 21.4 Å². The van der Waals surface area contributed by atoms with E-state index in [1.165, 1.54) is 31.4 Å². The van der Waals surface area contributed by atoms with Crippen molar-refractivity contribution < 1.29 is 26.7 Å². The number of carbonyl (C=O) groups excluding carboxylic acids is 1. The Morgan fingerprint density at radius 3 is 2.14 bits per heavy atom. The zero-order chi connectivity index (χ0) is 21.0. The Kier molecular flexibility index (Phi) is 5.79. The average molecular weight is 418 g/mol. The summed E-state index contributed by atoms with van der Waals surface area (Å²) in [5.41, 5.74) is 0.429. The largest absolute Gasteiger partial charge is 0.497 e. The summed E-state index contributed by atoms with van der Waals surface area (Å²) in [4.78, 5) is 11.7. The van der Waals surface area contributed by atoms with Crippen LogP contribution in [0.3, 0.4) is 0 Å². The zero-order valence-electron chi connectivity index (χ0n) is 15.1. The molecule has 0 saturated carbocycles. The van der Waals surface area contributed by atoms with Gasteiger partial charge in [0.2, 0.25) is 0 Å². The number of benzene rings is 3. The molecular formula is C20H16F2N2O4S. The van der Waals surface area contributed by atoms with Gasteiger partial charge in [0.05, 0.1) is 7.11 Å². The van der Waals surface area contributed by atoms with Crippen molar-refractivity contribution in [1.29, 1.82) is 0 Å². The predicted octanol–water partition coefficient (Wildman–Crippen LogP) is 4.03. The molecular weight excluding hydrogens is 402 g/mol. The summed E-state index contributed by atoms with van der Waals surface area (Å²) in [6.07, 6.45) is 0. The highest BCUT2D eigenvalue weighted by molar-refractivity contribution is 7.92. The molecule has 2 N–H and O–H groups in total. The fraction of sp³-hybridized carbons (Fsp3) is 0.0500. The van der Waals surface area contributed by atoms with Gasteiger partial charge in [0, 0.05) is 16.9 Å². The molecule has 0 aliphatic carbocycles. The minimum atomic E-state index is -4.29. The van der Waals surface area contributed by atoms with Gasteiger partial charge in [0.15, 0.2) is 0 Å². The molecule has 0 aliphatic rings. The molecule has 0 radical (unpaired) electrons. The number of carbonyl (C=O) groups is 1. The topological polar surface area (TPSA) is 84.5 Å². The Labute approximate surface area is 166 Å². The molecule has 0 spiro atoms. The zero-order valence-corrected chi connectivity index (χ0v) is 16.0. The molecule has 0 fully saturated rings. The number of ether oxygens (including phenoxy) is 1. The van der Waals surface area contributed by atoms with Gasteiger partial charge in [-0.15, -0.1) is 0 Å². The Hall–Kier alpha value is -3.46. The highest BCUT2D eigenvalue weighted by Crippen LogP contribution is 2.22. The lowest BCUT2D eigenvalue weighted by atomic mass is 10.2. The SMILES string of the molecule is COc1ccc(NS(=O)(=O)c2cc(C(=O)Nc3ccc(F)cc3)ccc2F)cc1. The van der Waals surface area contributed by atoms with E-state index >= 15 is 0 Å². The quantitative estimate of drug-likeness (QED) is 0.633. The van der Waals surface area contributed by atoms with Gasteiger partial charge in [-0.1, -0.05) is 0 Å². The van der Waals surface area contributed by atoms with E-state index in [1.54, 1.807) is 12.1 Å². The van der Waals surface area contributed by atoms with E-state index in [-0.39, 0.29) is 11.3 Å². The van der Waals surface area contributed by atoms with Gasteiger partial charge in [-0.3, -0.25) is 9.52 Å². The Morgan fingerprint density at radius 1 is 0.897 bits per heavy atom. The third kappa shape index (κ3) is 4.88. The monoisotopic (exact) mass is 418 g/mol. The van der Waals surface area contributed by atoms with Gasteiger partial charge in [0.1, 0.15) is 22.3 Å². The van der Waals surface area contributed by atoms with Crippen molar-refractivity contribution in [2.45, 2.75) is 4.90 Å². The molecule has 0 saturated heterocycles. The van der Waals surface area contributed by atoms with Crippen molar-refractivity contribution in [2.75, 3.05) is 17.1 Å². The summed E-state index contributed by atoms with van der Waals surface area (Å²) in [6.45, 7) is 0. The predicted molar refractivity (Wildman–Crippen MR) is 105 cm³/mol. The van der Waals surface area contributed by atoms with Crippen LogP contribution in [0.4, 0.5) is 20.2 Å². The molecule has 0 aliphatic heterocycles. The molecule has 0 heterocycles. The molecule has 3 rings (SSSR count). The highest BCUT2D eigenvalue weighted by atomic mass is 32.2. The number of amides is 1. The Balaban J connectivity index is 1.84. The van der Waals surface area contributed by atoms with Crippen LogP contribution in [0, 0.1) is 11.6 Å². The number of hydrogen-bond donors (Lipinski definition) is 2. The minimum Gasteiger partial charge on any atom is -0.497 e. The maximum Gasteiger partial charge on any atom is 0.264 e. The second kappa shape index (κ2) is 8.27. The lowest BCUT2D eigenvalue weighted by Gasteiger charge is -2.11. The molecule has 3 aromatic carbocycles. The second-order valence-corrected chi connectivity index (χ2v) is 7.59. The number of sulfonamides is 1. The van der Waals surface area contributed by atoms with Crippen LogP contribution in [0.1, 0.15) is 10.4 Å². The van der Waals surface area contributed by atoms with Crippen LogP contribution in [0.2, 0.25) is 0 Å². The lowest BCUT2D eigenvalue weighted by Crippen LogP contribution is -2.17.